The van der Waals surface area contributed by atoms with Crippen LogP contribution < -0.4 is 15.4 Å². The molecule has 2 aliphatic heterocycles. The van der Waals surface area contributed by atoms with E-state index in [0.717, 1.165) is 60.7 Å². The number of fused-ring (bicyclic) bond motifs is 1. The second-order valence-corrected chi connectivity index (χ2v) is 8.36. The van der Waals surface area contributed by atoms with Crippen molar-refractivity contribution in [3.05, 3.63) is 50.7 Å². The van der Waals surface area contributed by atoms with Crippen molar-refractivity contribution in [1.29, 1.82) is 0 Å². The fourth-order valence-corrected chi connectivity index (χ4v) is 4.63. The van der Waals surface area contributed by atoms with Crippen LogP contribution in [0, 0.1) is 6.92 Å². The average Bonchev–Trinajstić information content (AvgIpc) is 3.34. The quantitative estimate of drug-likeness (QED) is 0.801. The number of amides is 1. The minimum absolute atomic E-state index is 0.0138. The molecule has 1 atom stereocenters. The van der Waals surface area contributed by atoms with E-state index in [-0.39, 0.29) is 12.0 Å². The van der Waals surface area contributed by atoms with E-state index >= 15 is 0 Å². The Labute approximate surface area is 164 Å². The highest BCUT2D eigenvalue weighted by Crippen LogP contribution is 2.26. The summed E-state index contributed by atoms with van der Waals surface area (Å²) in [6, 6.07) is 8.14. The van der Waals surface area contributed by atoms with Gasteiger partial charge in [-0.25, -0.2) is 0 Å². The van der Waals surface area contributed by atoms with Crippen LogP contribution in [0.4, 0.5) is 0 Å². The molecule has 2 aliphatic rings. The van der Waals surface area contributed by atoms with Crippen molar-refractivity contribution in [2.24, 2.45) is 0 Å². The molecule has 1 aromatic carbocycles. The van der Waals surface area contributed by atoms with Gasteiger partial charge in [0.05, 0.1) is 11.0 Å². The molecule has 2 aromatic rings. The van der Waals surface area contributed by atoms with Gasteiger partial charge in [-0.2, -0.15) is 0 Å². The molecule has 1 fully saturated rings. The zero-order chi connectivity index (χ0) is 18.6. The molecule has 27 heavy (non-hydrogen) atoms. The van der Waals surface area contributed by atoms with Gasteiger partial charge in [-0.3, -0.25) is 4.79 Å². The van der Waals surface area contributed by atoms with Gasteiger partial charge in [0, 0.05) is 36.7 Å². The first-order valence-electron chi connectivity index (χ1n) is 9.63. The van der Waals surface area contributed by atoms with Crippen molar-refractivity contribution >= 4 is 17.2 Å². The molecule has 0 spiro atoms. The van der Waals surface area contributed by atoms with E-state index in [0.29, 0.717) is 13.2 Å². The van der Waals surface area contributed by atoms with Crippen LogP contribution in [0.2, 0.25) is 0 Å². The second-order valence-electron chi connectivity index (χ2n) is 7.23. The average molecular weight is 387 g/mol. The second kappa shape index (κ2) is 8.42. The monoisotopic (exact) mass is 386 g/mol. The Bertz CT molecular complexity index is 788. The fourth-order valence-electron chi connectivity index (χ4n) is 3.53. The number of benzene rings is 1. The van der Waals surface area contributed by atoms with Gasteiger partial charge >= 0.3 is 0 Å². The first kappa shape index (κ1) is 18.5. The van der Waals surface area contributed by atoms with Crippen molar-refractivity contribution in [3.63, 3.8) is 0 Å². The summed E-state index contributed by atoms with van der Waals surface area (Å²) in [5.41, 5.74) is 3.40. The molecule has 1 amide bonds. The third-order valence-electron chi connectivity index (χ3n) is 5.08. The lowest BCUT2D eigenvalue weighted by molar-refractivity contribution is 0.0675. The van der Waals surface area contributed by atoms with Gasteiger partial charge in [0.15, 0.2) is 0 Å². The van der Waals surface area contributed by atoms with Crippen LogP contribution in [0.15, 0.2) is 24.3 Å². The van der Waals surface area contributed by atoms with Crippen molar-refractivity contribution in [2.45, 2.75) is 45.4 Å². The summed E-state index contributed by atoms with van der Waals surface area (Å²) in [6.45, 7) is 5.74. The molecule has 6 heteroatoms. The van der Waals surface area contributed by atoms with Crippen LogP contribution >= 0.6 is 11.3 Å². The number of hydrogen-bond donors (Lipinski definition) is 2. The molecular weight excluding hydrogens is 360 g/mol. The first-order valence-corrected chi connectivity index (χ1v) is 10.4. The van der Waals surface area contributed by atoms with Gasteiger partial charge in [0.2, 0.25) is 0 Å². The van der Waals surface area contributed by atoms with Gasteiger partial charge in [-0.05, 0) is 49.4 Å². The van der Waals surface area contributed by atoms with E-state index in [4.69, 9.17) is 9.47 Å². The van der Waals surface area contributed by atoms with E-state index in [1.807, 2.05) is 25.1 Å². The number of nitrogens with one attached hydrogen (secondary N) is 2. The maximum atomic E-state index is 12.6. The zero-order valence-electron chi connectivity index (χ0n) is 15.7. The number of thiophene rings is 1. The zero-order valence-corrected chi connectivity index (χ0v) is 16.5. The van der Waals surface area contributed by atoms with Crippen molar-refractivity contribution in [3.8, 4) is 5.75 Å². The Balaban J connectivity index is 1.39. The Morgan fingerprint density at radius 3 is 3.15 bits per heavy atom. The van der Waals surface area contributed by atoms with Crippen molar-refractivity contribution in [1.82, 2.24) is 10.6 Å². The van der Waals surface area contributed by atoms with E-state index < -0.39 is 0 Å². The molecule has 1 unspecified atom stereocenters. The Morgan fingerprint density at radius 2 is 2.33 bits per heavy atom. The minimum atomic E-state index is -0.0138. The van der Waals surface area contributed by atoms with Crippen LogP contribution in [0.1, 0.15) is 44.1 Å². The summed E-state index contributed by atoms with van der Waals surface area (Å²) in [7, 11) is 0. The number of carbonyl (C=O) groups excluding carboxylic acids is 1. The molecule has 0 bridgehead atoms. The van der Waals surface area contributed by atoms with Gasteiger partial charge in [0.1, 0.15) is 12.4 Å². The van der Waals surface area contributed by atoms with E-state index in [1.54, 1.807) is 11.3 Å². The van der Waals surface area contributed by atoms with Crippen LogP contribution in [-0.2, 0) is 24.2 Å². The molecule has 1 aromatic heterocycles. The summed E-state index contributed by atoms with van der Waals surface area (Å²) in [5.74, 6) is 0.820. The highest BCUT2D eigenvalue weighted by Gasteiger charge is 2.19. The summed E-state index contributed by atoms with van der Waals surface area (Å²) in [5, 5.41) is 6.40. The predicted molar refractivity (Wildman–Crippen MR) is 107 cm³/mol. The third kappa shape index (κ3) is 4.51. The van der Waals surface area contributed by atoms with Crippen LogP contribution in [-0.4, -0.2) is 31.8 Å². The smallest absolute Gasteiger partial charge is 0.261 e. The lowest BCUT2D eigenvalue weighted by atomic mass is 10.1. The Hall–Kier alpha value is -1.89. The molecule has 0 radical (unpaired) electrons. The molecule has 3 heterocycles. The molecule has 5 nitrogen and oxygen atoms in total. The first-order chi connectivity index (χ1) is 13.2. The fraction of sp³-hybridized carbons (Fsp3) is 0.476. The number of ether oxygens (including phenoxy) is 2. The Kier molecular flexibility index (Phi) is 5.76. The van der Waals surface area contributed by atoms with Crippen LogP contribution in [0.3, 0.4) is 0 Å². The molecule has 1 saturated heterocycles. The lowest BCUT2D eigenvalue weighted by Crippen LogP contribution is -2.23. The van der Waals surface area contributed by atoms with Crippen LogP contribution in [0.25, 0.3) is 0 Å². The Morgan fingerprint density at radius 1 is 1.41 bits per heavy atom. The maximum absolute atomic E-state index is 12.6. The number of carbonyl (C=O) groups is 1. The lowest BCUT2D eigenvalue weighted by Gasteiger charge is -2.15. The number of hydrogen-bond acceptors (Lipinski definition) is 5. The molecule has 0 aliphatic carbocycles. The SMILES string of the molecule is Cc1ccc(CNC(=O)c2cc3c(s2)CCNC3)c(OCC2CCCO2)c1. The van der Waals surface area contributed by atoms with Gasteiger partial charge in [-0.1, -0.05) is 12.1 Å². The van der Waals surface area contributed by atoms with Gasteiger partial charge < -0.3 is 20.1 Å². The predicted octanol–water partition coefficient (Wildman–Crippen LogP) is 3.19. The molecule has 2 N–H and O–H groups in total. The van der Waals surface area contributed by atoms with E-state index in [1.165, 1.54) is 10.4 Å². The standard InChI is InChI=1S/C21H26N2O3S/c1-14-4-5-15(18(9-14)26-13-17-3-2-8-25-17)12-23-21(24)20-10-16-11-22-7-6-19(16)27-20/h4-5,9-10,17,22H,2-3,6-8,11-13H2,1H3,(H,23,24). The van der Waals surface area contributed by atoms with E-state index in [9.17, 15) is 4.79 Å². The summed E-state index contributed by atoms with van der Waals surface area (Å²) in [6.07, 6.45) is 3.34. The van der Waals surface area contributed by atoms with Gasteiger partial charge in [-0.15, -0.1) is 11.3 Å². The van der Waals surface area contributed by atoms with Crippen molar-refractivity contribution in [2.75, 3.05) is 19.8 Å². The van der Waals surface area contributed by atoms with Gasteiger partial charge in [0.25, 0.3) is 5.91 Å². The highest BCUT2D eigenvalue weighted by molar-refractivity contribution is 7.14. The largest absolute Gasteiger partial charge is 0.491 e. The molecule has 144 valence electrons. The molecule has 4 rings (SSSR count). The summed E-state index contributed by atoms with van der Waals surface area (Å²) < 4.78 is 11.7. The third-order valence-corrected chi connectivity index (χ3v) is 6.31. The van der Waals surface area contributed by atoms with E-state index in [2.05, 4.69) is 16.7 Å². The topological polar surface area (TPSA) is 59.6 Å². The minimum Gasteiger partial charge on any atom is -0.491 e. The maximum Gasteiger partial charge on any atom is 0.261 e. The number of rotatable bonds is 6. The highest BCUT2D eigenvalue weighted by atomic mass is 32.1. The summed E-state index contributed by atoms with van der Waals surface area (Å²) >= 11 is 1.61. The van der Waals surface area contributed by atoms with Crippen LogP contribution in [0.5, 0.6) is 5.75 Å². The summed E-state index contributed by atoms with van der Waals surface area (Å²) in [4.78, 5) is 14.7. The normalized spacial score (nSPS) is 18.9. The molecule has 0 saturated carbocycles. The molecular formula is C21H26N2O3S. The van der Waals surface area contributed by atoms with Crippen molar-refractivity contribution < 1.29 is 14.3 Å². The number of aryl methyl sites for hydroxylation is 1.